The molecule has 5 nitrogen and oxygen atoms in total. The van der Waals surface area contributed by atoms with Crippen LogP contribution in [0.25, 0.3) is 0 Å². The molecule has 0 fully saturated rings. The monoisotopic (exact) mass is 360 g/mol. The van der Waals surface area contributed by atoms with E-state index in [1.165, 1.54) is 0 Å². The molecule has 0 aliphatic rings. The van der Waals surface area contributed by atoms with Gasteiger partial charge in [-0.15, -0.1) is 0 Å². The summed E-state index contributed by atoms with van der Waals surface area (Å²) >= 11 is 6.15. The molecule has 2 rings (SSSR count). The Morgan fingerprint density at radius 2 is 1.68 bits per heavy atom. The van der Waals surface area contributed by atoms with Gasteiger partial charge in [0.15, 0.2) is 6.61 Å². The smallest absolute Gasteiger partial charge is 0.258 e. The van der Waals surface area contributed by atoms with Crippen LogP contribution >= 0.6 is 11.6 Å². The fourth-order valence-corrected chi connectivity index (χ4v) is 2.64. The number of hydrogen-bond acceptors (Lipinski definition) is 3. The van der Waals surface area contributed by atoms with E-state index in [-0.39, 0.29) is 25.0 Å². The Hall–Kier alpha value is -2.53. The molecule has 0 atom stereocenters. The van der Waals surface area contributed by atoms with Crippen LogP contribution in [0.4, 0.5) is 5.69 Å². The number of ether oxygens (including phenoxy) is 1. The van der Waals surface area contributed by atoms with E-state index in [0.717, 1.165) is 16.7 Å². The summed E-state index contributed by atoms with van der Waals surface area (Å²) < 4.78 is 5.36. The molecule has 6 heteroatoms. The summed E-state index contributed by atoms with van der Waals surface area (Å²) in [4.78, 5) is 23.8. The van der Waals surface area contributed by atoms with E-state index in [0.29, 0.717) is 16.5 Å². The SMILES string of the molecule is Cc1ccc(OCC(=O)NCC(=O)Nc2c(C)cc(C)cc2Cl)cc1. The van der Waals surface area contributed by atoms with Gasteiger partial charge in [-0.05, 0) is 50.1 Å². The zero-order chi connectivity index (χ0) is 18.4. The van der Waals surface area contributed by atoms with Crippen molar-refractivity contribution in [1.29, 1.82) is 0 Å². The van der Waals surface area contributed by atoms with Gasteiger partial charge in [-0.2, -0.15) is 0 Å². The standard InChI is InChI=1S/C19H21ClN2O3/c1-12-4-6-15(7-5-12)25-11-18(24)21-10-17(23)22-19-14(3)8-13(2)9-16(19)20/h4-9H,10-11H2,1-3H3,(H,21,24)(H,22,23). The third kappa shape index (κ3) is 5.80. The summed E-state index contributed by atoms with van der Waals surface area (Å²) in [6.07, 6.45) is 0. The molecule has 0 aromatic heterocycles. The van der Waals surface area contributed by atoms with Gasteiger partial charge in [0.2, 0.25) is 5.91 Å². The topological polar surface area (TPSA) is 67.4 Å². The van der Waals surface area contributed by atoms with Crippen LogP contribution in [0.15, 0.2) is 36.4 Å². The molecule has 2 amide bonds. The summed E-state index contributed by atoms with van der Waals surface area (Å²) in [5.74, 6) is -0.118. The lowest BCUT2D eigenvalue weighted by molar-refractivity contribution is -0.125. The van der Waals surface area contributed by atoms with Crippen LogP contribution in [0.5, 0.6) is 5.75 Å². The second-order valence-electron chi connectivity index (χ2n) is 5.87. The number of aryl methyl sites for hydroxylation is 3. The number of hydrogen-bond donors (Lipinski definition) is 2. The number of benzene rings is 2. The average Bonchev–Trinajstić information content (AvgIpc) is 2.55. The Morgan fingerprint density at radius 3 is 2.32 bits per heavy atom. The zero-order valence-electron chi connectivity index (χ0n) is 14.5. The molecule has 0 bridgehead atoms. The number of carbonyl (C=O) groups excluding carboxylic acids is 2. The van der Waals surface area contributed by atoms with Crippen LogP contribution in [-0.2, 0) is 9.59 Å². The number of anilines is 1. The van der Waals surface area contributed by atoms with Crippen LogP contribution in [0, 0.1) is 20.8 Å². The average molecular weight is 361 g/mol. The lowest BCUT2D eigenvalue weighted by Gasteiger charge is -2.12. The molecule has 0 saturated heterocycles. The molecule has 25 heavy (non-hydrogen) atoms. The van der Waals surface area contributed by atoms with Crippen LogP contribution in [0.1, 0.15) is 16.7 Å². The highest BCUT2D eigenvalue weighted by atomic mass is 35.5. The van der Waals surface area contributed by atoms with Crippen molar-refractivity contribution in [3.63, 3.8) is 0 Å². The molecule has 0 heterocycles. The molecule has 0 saturated carbocycles. The highest BCUT2D eigenvalue weighted by Gasteiger charge is 2.11. The fourth-order valence-electron chi connectivity index (χ4n) is 2.27. The van der Waals surface area contributed by atoms with Crippen LogP contribution < -0.4 is 15.4 Å². The van der Waals surface area contributed by atoms with Crippen LogP contribution in [0.2, 0.25) is 5.02 Å². The number of nitrogens with one attached hydrogen (secondary N) is 2. The van der Waals surface area contributed by atoms with Gasteiger partial charge in [0.25, 0.3) is 5.91 Å². The number of rotatable bonds is 6. The summed E-state index contributed by atoms with van der Waals surface area (Å²) in [7, 11) is 0. The van der Waals surface area contributed by atoms with Gasteiger partial charge in [-0.1, -0.05) is 35.4 Å². The van der Waals surface area contributed by atoms with Crippen molar-refractivity contribution in [2.24, 2.45) is 0 Å². The first-order chi connectivity index (χ1) is 11.8. The third-order valence-electron chi connectivity index (χ3n) is 3.53. The van der Waals surface area contributed by atoms with E-state index < -0.39 is 0 Å². The molecule has 2 aromatic rings. The summed E-state index contributed by atoms with van der Waals surface area (Å²) in [5, 5.41) is 5.70. The minimum atomic E-state index is -0.373. The van der Waals surface area contributed by atoms with Gasteiger partial charge in [0.1, 0.15) is 5.75 Å². The highest BCUT2D eigenvalue weighted by Crippen LogP contribution is 2.27. The highest BCUT2D eigenvalue weighted by molar-refractivity contribution is 6.34. The van der Waals surface area contributed by atoms with Crippen molar-refractivity contribution in [3.05, 3.63) is 58.1 Å². The van der Waals surface area contributed by atoms with Crippen molar-refractivity contribution >= 4 is 29.1 Å². The normalized spacial score (nSPS) is 10.2. The summed E-state index contributed by atoms with van der Waals surface area (Å²) in [6.45, 7) is 5.46. The van der Waals surface area contributed by atoms with E-state index in [1.54, 1.807) is 18.2 Å². The Bertz CT molecular complexity index is 750. The van der Waals surface area contributed by atoms with Crippen molar-refractivity contribution in [2.45, 2.75) is 20.8 Å². The van der Waals surface area contributed by atoms with E-state index in [9.17, 15) is 9.59 Å². The van der Waals surface area contributed by atoms with Gasteiger partial charge < -0.3 is 15.4 Å². The third-order valence-corrected chi connectivity index (χ3v) is 3.83. The Morgan fingerprint density at radius 1 is 1.00 bits per heavy atom. The zero-order valence-corrected chi connectivity index (χ0v) is 15.2. The Labute approximate surface area is 152 Å². The maximum atomic E-state index is 12.0. The predicted octanol–water partition coefficient (Wildman–Crippen LogP) is 3.40. The molecule has 0 spiro atoms. The summed E-state index contributed by atoms with van der Waals surface area (Å²) in [5.41, 5.74) is 3.55. The van der Waals surface area contributed by atoms with Crippen LogP contribution in [0.3, 0.4) is 0 Å². The lowest BCUT2D eigenvalue weighted by atomic mass is 10.1. The van der Waals surface area contributed by atoms with Gasteiger partial charge >= 0.3 is 0 Å². The molecular formula is C19H21ClN2O3. The largest absolute Gasteiger partial charge is 0.484 e. The van der Waals surface area contributed by atoms with E-state index in [2.05, 4.69) is 10.6 Å². The van der Waals surface area contributed by atoms with Crippen molar-refractivity contribution in [3.8, 4) is 5.75 Å². The first-order valence-electron chi connectivity index (χ1n) is 7.88. The molecular weight excluding hydrogens is 340 g/mol. The lowest BCUT2D eigenvalue weighted by Crippen LogP contribution is -2.35. The fraction of sp³-hybridized carbons (Fsp3) is 0.263. The second-order valence-corrected chi connectivity index (χ2v) is 6.27. The van der Waals surface area contributed by atoms with E-state index in [1.807, 2.05) is 39.0 Å². The maximum absolute atomic E-state index is 12.0. The molecule has 0 aliphatic carbocycles. The molecule has 2 N–H and O–H groups in total. The minimum Gasteiger partial charge on any atom is -0.484 e. The van der Waals surface area contributed by atoms with Crippen molar-refractivity contribution < 1.29 is 14.3 Å². The van der Waals surface area contributed by atoms with Gasteiger partial charge in [0, 0.05) is 0 Å². The van der Waals surface area contributed by atoms with Crippen LogP contribution in [-0.4, -0.2) is 25.0 Å². The van der Waals surface area contributed by atoms with Crippen molar-refractivity contribution in [2.75, 3.05) is 18.5 Å². The van der Waals surface area contributed by atoms with Gasteiger partial charge in [0.05, 0.1) is 17.3 Å². The molecule has 0 unspecified atom stereocenters. The van der Waals surface area contributed by atoms with Gasteiger partial charge in [-0.25, -0.2) is 0 Å². The number of amides is 2. The minimum absolute atomic E-state index is 0.152. The molecule has 0 radical (unpaired) electrons. The number of carbonyl (C=O) groups is 2. The van der Waals surface area contributed by atoms with Crippen molar-refractivity contribution in [1.82, 2.24) is 5.32 Å². The maximum Gasteiger partial charge on any atom is 0.258 e. The molecule has 2 aromatic carbocycles. The first kappa shape index (κ1) is 18.8. The predicted molar refractivity (Wildman–Crippen MR) is 99.2 cm³/mol. The van der Waals surface area contributed by atoms with E-state index in [4.69, 9.17) is 16.3 Å². The van der Waals surface area contributed by atoms with E-state index >= 15 is 0 Å². The summed E-state index contributed by atoms with van der Waals surface area (Å²) in [6, 6.07) is 11.1. The quantitative estimate of drug-likeness (QED) is 0.829. The Kier molecular flexibility index (Phi) is 6.42. The first-order valence-corrected chi connectivity index (χ1v) is 8.25. The second kappa shape index (κ2) is 8.53. The van der Waals surface area contributed by atoms with Gasteiger partial charge in [-0.3, -0.25) is 9.59 Å². The molecule has 0 aliphatic heterocycles. The molecule has 132 valence electrons. The Balaban J connectivity index is 1.79. The number of halogens is 1.